The van der Waals surface area contributed by atoms with Crippen LogP contribution in [0.15, 0.2) is 103 Å². The average Bonchev–Trinajstić information content (AvgIpc) is 3.35. The Kier molecular flexibility index (Phi) is 30.0. The fourth-order valence-electron chi connectivity index (χ4n) is 9.83. The summed E-state index contributed by atoms with van der Waals surface area (Å²) in [6.07, 6.45) is 39.2. The normalized spacial score (nSPS) is 12.1. The molecule has 0 amide bonds. The summed E-state index contributed by atoms with van der Waals surface area (Å²) in [7, 11) is -2.23. The molecule has 3 nitrogen and oxygen atoms in total. The minimum Gasteiger partial charge on any atom is -0.490 e. The molecule has 0 heterocycles. The van der Waals surface area contributed by atoms with Crippen LogP contribution >= 0.6 is 7.26 Å². The van der Waals surface area contributed by atoms with E-state index >= 15 is 0 Å². The molecule has 4 heteroatoms. The zero-order valence-electron chi connectivity index (χ0n) is 42.9. The first-order chi connectivity index (χ1) is 32.7. The number of hydrogen-bond donors (Lipinski definition) is 0. The number of hydrogen-bond acceptors (Lipinski definition) is 3. The summed E-state index contributed by atoms with van der Waals surface area (Å²) in [6.45, 7) is 11.4. The van der Waals surface area contributed by atoms with Gasteiger partial charge in [-0.1, -0.05) is 249 Å². The Labute approximate surface area is 407 Å². The molecule has 1 unspecified atom stereocenters. The van der Waals surface area contributed by atoms with Crippen LogP contribution in [0.2, 0.25) is 0 Å². The van der Waals surface area contributed by atoms with Gasteiger partial charge in [0.1, 0.15) is 28.8 Å². The van der Waals surface area contributed by atoms with Crippen molar-refractivity contribution in [1.82, 2.24) is 0 Å². The van der Waals surface area contributed by atoms with Gasteiger partial charge in [-0.25, -0.2) is 0 Å². The summed E-state index contributed by atoms with van der Waals surface area (Å²) in [5, 5.41) is 4.16. The summed E-state index contributed by atoms with van der Waals surface area (Å²) >= 11 is 0. The van der Waals surface area contributed by atoms with Crippen LogP contribution in [0.5, 0.6) is 17.2 Å². The highest BCUT2D eigenvalue weighted by Gasteiger charge is 2.51. The van der Waals surface area contributed by atoms with Gasteiger partial charge < -0.3 is 14.2 Å². The van der Waals surface area contributed by atoms with E-state index in [-0.39, 0.29) is 5.66 Å². The fourth-order valence-corrected chi connectivity index (χ4v) is 14.6. The molecule has 0 radical (unpaired) electrons. The maximum atomic E-state index is 6.94. The summed E-state index contributed by atoms with van der Waals surface area (Å²) in [4.78, 5) is 0. The molecule has 366 valence electrons. The van der Waals surface area contributed by atoms with E-state index in [2.05, 4.69) is 131 Å². The van der Waals surface area contributed by atoms with E-state index in [4.69, 9.17) is 14.2 Å². The van der Waals surface area contributed by atoms with E-state index in [1.165, 1.54) is 195 Å². The molecule has 4 aromatic rings. The molecule has 0 saturated carbocycles. The number of unbranched alkanes of at least 4 members (excludes halogenated alkanes) is 27. The molecule has 0 aliphatic heterocycles. The quantitative estimate of drug-likeness (QED) is 0.0328. The van der Waals surface area contributed by atoms with E-state index in [1.807, 2.05) is 0 Å². The molecule has 66 heavy (non-hydrogen) atoms. The minimum absolute atomic E-state index is 0.139. The van der Waals surface area contributed by atoms with E-state index in [0.29, 0.717) is 19.8 Å². The zero-order valence-corrected chi connectivity index (χ0v) is 43.8. The van der Waals surface area contributed by atoms with Crippen molar-refractivity contribution in [3.05, 3.63) is 109 Å². The molecule has 0 fully saturated rings. The smallest absolute Gasteiger partial charge is 0.203 e. The second kappa shape index (κ2) is 35.8. The molecule has 0 spiro atoms. The molecule has 0 saturated heterocycles. The van der Waals surface area contributed by atoms with E-state index < -0.39 is 7.26 Å². The third kappa shape index (κ3) is 20.1. The SMILES string of the molecule is CCCCCCCCCCCCOc1cc(C(C)[P+](c2ccccc2)(c2ccccc2)c2ccccc2)cc(OCCCCCCCCCCCC)c1OCCCCCCCCCCCC. The van der Waals surface area contributed by atoms with Crippen LogP contribution in [0, 0.1) is 0 Å². The lowest BCUT2D eigenvalue weighted by Gasteiger charge is -2.33. The number of ether oxygens (including phenoxy) is 3. The van der Waals surface area contributed by atoms with Gasteiger partial charge in [0, 0.05) is 5.56 Å². The third-order valence-electron chi connectivity index (χ3n) is 13.9. The van der Waals surface area contributed by atoms with E-state index in [0.717, 1.165) is 36.5 Å². The predicted octanol–water partition coefficient (Wildman–Crippen LogP) is 18.6. The Bertz CT molecular complexity index is 1580. The van der Waals surface area contributed by atoms with Crippen LogP contribution in [-0.2, 0) is 0 Å². The standard InChI is InChI=1S/C62H96O3P/c1-5-8-11-14-17-20-23-26-29-41-50-63-60-53-56(55(4)66(57-44-35-32-36-45-57,58-46-37-33-38-47-58)59-48-39-34-40-49-59)54-61(64-51-42-30-27-24-21-18-15-12-9-6-2)62(60)65-52-43-31-28-25-22-19-16-13-10-7-3/h32-40,44-49,53-55H,5-31,41-43,50-52H2,1-4H3/q+1. The third-order valence-corrected chi connectivity index (χ3v) is 18.7. The fraction of sp³-hybridized carbons (Fsp3) is 0.613. The number of benzene rings is 4. The van der Waals surface area contributed by atoms with Crippen molar-refractivity contribution in [3.63, 3.8) is 0 Å². The molecule has 0 bridgehead atoms. The van der Waals surface area contributed by atoms with E-state index in [9.17, 15) is 0 Å². The van der Waals surface area contributed by atoms with E-state index in [1.54, 1.807) is 0 Å². The summed E-state index contributed by atoms with van der Waals surface area (Å²) in [5.74, 6) is 2.52. The molecule has 0 N–H and O–H groups in total. The van der Waals surface area contributed by atoms with Gasteiger partial charge in [-0.15, -0.1) is 0 Å². The lowest BCUT2D eigenvalue weighted by molar-refractivity contribution is 0.234. The van der Waals surface area contributed by atoms with Crippen molar-refractivity contribution in [2.75, 3.05) is 19.8 Å². The van der Waals surface area contributed by atoms with Crippen LogP contribution in [0.1, 0.15) is 232 Å². The Hall–Kier alpha value is -3.29. The van der Waals surface area contributed by atoms with Crippen LogP contribution in [0.25, 0.3) is 0 Å². The van der Waals surface area contributed by atoms with Crippen molar-refractivity contribution in [2.24, 2.45) is 0 Å². The molecule has 0 aromatic heterocycles. The highest BCUT2D eigenvalue weighted by Crippen LogP contribution is 2.67. The maximum absolute atomic E-state index is 6.94. The molecule has 4 rings (SSSR count). The lowest BCUT2D eigenvalue weighted by atomic mass is 10.1. The monoisotopic (exact) mass is 920 g/mol. The highest BCUT2D eigenvalue weighted by atomic mass is 31.2. The van der Waals surface area contributed by atoms with Gasteiger partial charge in [0.15, 0.2) is 11.5 Å². The van der Waals surface area contributed by atoms with Gasteiger partial charge in [0.2, 0.25) is 5.75 Å². The van der Waals surface area contributed by atoms with Gasteiger partial charge in [-0.3, -0.25) is 0 Å². The van der Waals surface area contributed by atoms with Crippen LogP contribution in [0.4, 0.5) is 0 Å². The van der Waals surface area contributed by atoms with Crippen molar-refractivity contribution >= 4 is 23.2 Å². The Morgan fingerprint density at radius 1 is 0.333 bits per heavy atom. The lowest BCUT2D eigenvalue weighted by Crippen LogP contribution is -2.34. The van der Waals surface area contributed by atoms with Crippen molar-refractivity contribution < 1.29 is 14.2 Å². The van der Waals surface area contributed by atoms with Crippen LogP contribution < -0.4 is 30.1 Å². The molecule has 0 aliphatic rings. The predicted molar refractivity (Wildman–Crippen MR) is 292 cm³/mol. The second-order valence-electron chi connectivity index (χ2n) is 19.3. The van der Waals surface area contributed by atoms with Gasteiger partial charge >= 0.3 is 0 Å². The van der Waals surface area contributed by atoms with Crippen molar-refractivity contribution in [3.8, 4) is 17.2 Å². The first kappa shape index (κ1) is 55.3. The summed E-state index contributed by atoms with van der Waals surface area (Å²) < 4.78 is 20.7. The average molecular weight is 920 g/mol. The Morgan fingerprint density at radius 2 is 0.591 bits per heavy atom. The minimum atomic E-state index is -2.23. The van der Waals surface area contributed by atoms with Crippen molar-refractivity contribution in [1.29, 1.82) is 0 Å². The van der Waals surface area contributed by atoms with Gasteiger partial charge in [-0.05, 0) is 74.7 Å². The first-order valence-electron chi connectivity index (χ1n) is 27.8. The topological polar surface area (TPSA) is 27.7 Å². The summed E-state index contributed by atoms with van der Waals surface area (Å²) in [5.41, 5.74) is 1.39. The Morgan fingerprint density at radius 3 is 0.879 bits per heavy atom. The molecular formula is C62H96O3P+. The first-order valence-corrected chi connectivity index (χ1v) is 29.6. The van der Waals surface area contributed by atoms with Gasteiger partial charge in [-0.2, -0.15) is 0 Å². The molecule has 1 atom stereocenters. The number of rotatable bonds is 41. The second-order valence-corrected chi connectivity index (χ2v) is 23.1. The maximum Gasteiger partial charge on any atom is 0.203 e. The Balaban J connectivity index is 1.61. The van der Waals surface area contributed by atoms with Gasteiger partial charge in [0.25, 0.3) is 0 Å². The summed E-state index contributed by atoms with van der Waals surface area (Å²) in [6, 6.07) is 38.6. The van der Waals surface area contributed by atoms with Gasteiger partial charge in [0.05, 0.1) is 19.8 Å². The molecule has 4 aromatic carbocycles. The van der Waals surface area contributed by atoms with Crippen LogP contribution in [-0.4, -0.2) is 19.8 Å². The molecular weight excluding hydrogens is 824 g/mol. The van der Waals surface area contributed by atoms with Crippen molar-refractivity contribution in [2.45, 2.75) is 226 Å². The zero-order chi connectivity index (χ0) is 46.6. The molecule has 0 aliphatic carbocycles. The highest BCUT2D eigenvalue weighted by molar-refractivity contribution is 7.95. The van der Waals surface area contributed by atoms with Crippen LogP contribution in [0.3, 0.4) is 0 Å². The largest absolute Gasteiger partial charge is 0.490 e.